The Morgan fingerprint density at radius 1 is 1.03 bits per heavy atom. The number of benzene rings is 3. The number of anilines is 1. The highest BCUT2D eigenvalue weighted by atomic mass is 32.2. The number of para-hydroxylation sites is 2. The molecule has 0 fully saturated rings. The van der Waals surface area contributed by atoms with Gasteiger partial charge in [-0.3, -0.25) is 9.52 Å². The number of rotatable bonds is 8. The number of hydrogen-bond acceptors (Lipinski definition) is 7. The summed E-state index contributed by atoms with van der Waals surface area (Å²) >= 11 is 0. The molecule has 0 saturated heterocycles. The Balaban J connectivity index is 1.55. The van der Waals surface area contributed by atoms with Crippen LogP contribution in [0.25, 0.3) is 10.9 Å². The number of aromatic amines is 1. The molecule has 1 heterocycles. The molecule has 35 heavy (non-hydrogen) atoms. The predicted octanol–water partition coefficient (Wildman–Crippen LogP) is 4.04. The van der Waals surface area contributed by atoms with E-state index < -0.39 is 22.1 Å². The monoisotopic (exact) mass is 493 g/mol. The second kappa shape index (κ2) is 9.98. The number of esters is 1. The van der Waals surface area contributed by atoms with Crippen molar-refractivity contribution in [2.45, 2.75) is 24.8 Å². The average Bonchev–Trinajstić information content (AvgIpc) is 2.84. The molecule has 0 bridgehead atoms. The number of carbonyl (C=O) groups is 1. The van der Waals surface area contributed by atoms with Crippen LogP contribution in [0, 0.1) is 0 Å². The number of H-pyrrole nitrogens is 1. The van der Waals surface area contributed by atoms with Gasteiger partial charge in [-0.2, -0.15) is 0 Å². The van der Waals surface area contributed by atoms with E-state index in [9.17, 15) is 18.0 Å². The number of sulfonamides is 1. The summed E-state index contributed by atoms with van der Waals surface area (Å²) in [5, 5.41) is 0.420. The minimum atomic E-state index is -3.98. The maximum Gasteiger partial charge on any atom is 0.340 e. The van der Waals surface area contributed by atoms with Gasteiger partial charge in [0.2, 0.25) is 0 Å². The van der Waals surface area contributed by atoms with Crippen LogP contribution in [0.4, 0.5) is 5.69 Å². The highest BCUT2D eigenvalue weighted by Gasteiger charge is 2.22. The first-order valence-corrected chi connectivity index (χ1v) is 12.3. The van der Waals surface area contributed by atoms with Crippen LogP contribution in [0.2, 0.25) is 0 Å². The van der Waals surface area contributed by atoms with Crippen molar-refractivity contribution >= 4 is 32.6 Å². The summed E-state index contributed by atoms with van der Waals surface area (Å²) in [7, 11) is -3.98. The highest BCUT2D eigenvalue weighted by molar-refractivity contribution is 7.92. The first kappa shape index (κ1) is 24.0. The number of ether oxygens (including phenoxy) is 2. The summed E-state index contributed by atoms with van der Waals surface area (Å²) in [5.74, 6) is -0.0578. The first-order valence-electron chi connectivity index (χ1n) is 10.8. The fourth-order valence-corrected chi connectivity index (χ4v) is 4.49. The van der Waals surface area contributed by atoms with Crippen molar-refractivity contribution in [1.82, 2.24) is 9.97 Å². The summed E-state index contributed by atoms with van der Waals surface area (Å²) in [6.45, 7) is 3.86. The minimum Gasteiger partial charge on any atom is -0.494 e. The molecular formula is C25H23N3O6S. The van der Waals surface area contributed by atoms with Crippen LogP contribution in [0.3, 0.4) is 0 Å². The molecule has 0 radical (unpaired) electrons. The molecule has 180 valence electrons. The number of fused-ring (bicyclic) bond motifs is 1. The summed E-state index contributed by atoms with van der Waals surface area (Å²) in [5.41, 5.74) is 0.185. The van der Waals surface area contributed by atoms with Crippen LogP contribution in [0.1, 0.15) is 36.1 Å². The van der Waals surface area contributed by atoms with Crippen LogP contribution >= 0.6 is 0 Å². The van der Waals surface area contributed by atoms with Crippen molar-refractivity contribution in [2.75, 3.05) is 11.3 Å². The highest BCUT2D eigenvalue weighted by Crippen LogP contribution is 2.24. The van der Waals surface area contributed by atoms with Crippen molar-refractivity contribution in [2.24, 2.45) is 0 Å². The van der Waals surface area contributed by atoms with Crippen molar-refractivity contribution in [3.63, 3.8) is 0 Å². The van der Waals surface area contributed by atoms with Gasteiger partial charge in [-0.25, -0.2) is 18.2 Å². The van der Waals surface area contributed by atoms with Crippen molar-refractivity contribution < 1.29 is 22.7 Å². The third-order valence-corrected chi connectivity index (χ3v) is 6.52. The second-order valence-electron chi connectivity index (χ2n) is 7.57. The Kier molecular flexibility index (Phi) is 6.83. The smallest absolute Gasteiger partial charge is 0.340 e. The Morgan fingerprint density at radius 3 is 2.46 bits per heavy atom. The largest absolute Gasteiger partial charge is 0.494 e. The molecule has 9 nitrogen and oxygen atoms in total. The summed E-state index contributed by atoms with van der Waals surface area (Å²) in [4.78, 5) is 32.3. The lowest BCUT2D eigenvalue weighted by atomic mass is 10.2. The molecule has 3 aromatic carbocycles. The maximum absolute atomic E-state index is 12.9. The van der Waals surface area contributed by atoms with E-state index in [1.807, 2.05) is 6.92 Å². The van der Waals surface area contributed by atoms with Crippen LogP contribution in [0.15, 0.2) is 82.5 Å². The van der Waals surface area contributed by atoms with Crippen LogP contribution < -0.4 is 15.0 Å². The molecule has 0 aliphatic heterocycles. The van der Waals surface area contributed by atoms with Gasteiger partial charge >= 0.3 is 5.97 Å². The van der Waals surface area contributed by atoms with Crippen LogP contribution in [-0.4, -0.2) is 31.0 Å². The van der Waals surface area contributed by atoms with E-state index in [0.29, 0.717) is 23.3 Å². The van der Waals surface area contributed by atoms with Gasteiger partial charge in [-0.15, -0.1) is 0 Å². The lowest BCUT2D eigenvalue weighted by Gasteiger charge is -2.16. The summed E-state index contributed by atoms with van der Waals surface area (Å²) < 4.78 is 39.1. The van der Waals surface area contributed by atoms with Gasteiger partial charge in [0.05, 0.1) is 33.7 Å². The van der Waals surface area contributed by atoms with Crippen molar-refractivity contribution in [1.29, 1.82) is 0 Å². The third-order valence-electron chi connectivity index (χ3n) is 5.14. The topological polar surface area (TPSA) is 127 Å². The van der Waals surface area contributed by atoms with Crippen molar-refractivity contribution in [3.05, 3.63) is 94.5 Å². The SMILES string of the molecule is CCOc1ccc(S(=O)(=O)Nc2ccccc2C(=O)OC(C)c2nc3ccccc3c(=O)[nH]2)cc1. The molecule has 0 aliphatic carbocycles. The quantitative estimate of drug-likeness (QED) is 0.355. The molecule has 2 N–H and O–H groups in total. The van der Waals surface area contributed by atoms with Gasteiger partial charge in [-0.1, -0.05) is 24.3 Å². The Bertz CT molecular complexity index is 1530. The Labute approximate surface area is 201 Å². The van der Waals surface area contributed by atoms with E-state index in [1.54, 1.807) is 55.5 Å². The van der Waals surface area contributed by atoms with E-state index in [0.717, 1.165) is 0 Å². The normalized spacial score (nSPS) is 12.2. The number of nitrogens with zero attached hydrogens (tertiary/aromatic N) is 1. The van der Waals surface area contributed by atoms with E-state index in [1.165, 1.54) is 24.3 Å². The number of hydrogen-bond donors (Lipinski definition) is 2. The predicted molar refractivity (Wildman–Crippen MR) is 131 cm³/mol. The Hall–Kier alpha value is -4.18. The molecular weight excluding hydrogens is 470 g/mol. The molecule has 1 unspecified atom stereocenters. The van der Waals surface area contributed by atoms with Gasteiger partial charge < -0.3 is 14.5 Å². The lowest BCUT2D eigenvalue weighted by molar-refractivity contribution is 0.0321. The van der Waals surface area contributed by atoms with E-state index in [2.05, 4.69) is 14.7 Å². The van der Waals surface area contributed by atoms with Gasteiger partial charge in [0.15, 0.2) is 11.9 Å². The first-order chi connectivity index (χ1) is 16.8. The second-order valence-corrected chi connectivity index (χ2v) is 9.25. The van der Waals surface area contributed by atoms with Crippen LogP contribution in [-0.2, 0) is 14.8 Å². The lowest BCUT2D eigenvalue weighted by Crippen LogP contribution is -2.19. The minimum absolute atomic E-state index is 0.00966. The Morgan fingerprint density at radius 2 is 1.71 bits per heavy atom. The molecule has 4 aromatic rings. The summed E-state index contributed by atoms with van der Waals surface area (Å²) in [6.07, 6.45) is -0.893. The van der Waals surface area contributed by atoms with E-state index in [-0.39, 0.29) is 27.5 Å². The average molecular weight is 494 g/mol. The van der Waals surface area contributed by atoms with Gasteiger partial charge in [0.25, 0.3) is 15.6 Å². The third kappa shape index (κ3) is 5.33. The fraction of sp³-hybridized carbons (Fsp3) is 0.160. The molecule has 0 amide bonds. The maximum atomic E-state index is 12.9. The molecule has 0 spiro atoms. The number of carbonyl (C=O) groups excluding carboxylic acids is 1. The van der Waals surface area contributed by atoms with E-state index >= 15 is 0 Å². The molecule has 10 heteroatoms. The van der Waals surface area contributed by atoms with Gasteiger partial charge in [0.1, 0.15) is 5.75 Å². The molecule has 1 aromatic heterocycles. The molecule has 0 aliphatic rings. The van der Waals surface area contributed by atoms with Gasteiger partial charge in [-0.05, 0) is 62.4 Å². The zero-order valence-corrected chi connectivity index (χ0v) is 19.8. The van der Waals surface area contributed by atoms with Crippen LogP contribution in [0.5, 0.6) is 5.75 Å². The van der Waals surface area contributed by atoms with E-state index in [4.69, 9.17) is 9.47 Å². The fourth-order valence-electron chi connectivity index (χ4n) is 3.41. The summed E-state index contributed by atoms with van der Waals surface area (Å²) in [6, 6.07) is 18.8. The molecule has 4 rings (SSSR count). The number of nitrogens with one attached hydrogen (secondary N) is 2. The zero-order chi connectivity index (χ0) is 25.0. The van der Waals surface area contributed by atoms with Crippen molar-refractivity contribution in [3.8, 4) is 5.75 Å². The zero-order valence-electron chi connectivity index (χ0n) is 19.0. The van der Waals surface area contributed by atoms with Gasteiger partial charge in [0, 0.05) is 0 Å². The number of aromatic nitrogens is 2. The standard InChI is InChI=1S/C25H23N3O6S/c1-3-33-17-12-14-18(15-13-17)35(31,32)28-22-11-7-5-9-20(22)25(30)34-16(2)23-26-21-10-6-4-8-19(21)24(29)27-23/h4-16,28H,3H2,1-2H3,(H,26,27,29). The molecule has 0 saturated carbocycles. The molecule has 1 atom stereocenters.